The van der Waals surface area contributed by atoms with Gasteiger partial charge in [0.25, 0.3) is 0 Å². The number of hydrogen-bond acceptors (Lipinski definition) is 2. The fourth-order valence-corrected chi connectivity index (χ4v) is 2.81. The van der Waals surface area contributed by atoms with Crippen LogP contribution in [-0.2, 0) is 0 Å². The van der Waals surface area contributed by atoms with Crippen LogP contribution in [0.15, 0.2) is 60.7 Å². The Labute approximate surface area is 107 Å². The van der Waals surface area contributed by atoms with Crippen LogP contribution >= 0.6 is 0 Å². The SMILES string of the molecule is [O-]C1C(c2ccccc2)C(O)C1c1ccccc1. The van der Waals surface area contributed by atoms with Crippen molar-refractivity contribution in [3.8, 4) is 0 Å². The molecule has 2 unspecified atom stereocenters. The van der Waals surface area contributed by atoms with Crippen LogP contribution in [-0.4, -0.2) is 17.3 Å². The van der Waals surface area contributed by atoms with Crippen molar-refractivity contribution in [2.75, 3.05) is 0 Å². The molecule has 0 aliphatic heterocycles. The van der Waals surface area contributed by atoms with E-state index in [9.17, 15) is 10.2 Å². The summed E-state index contributed by atoms with van der Waals surface area (Å²) in [7, 11) is 0. The normalized spacial score (nSPS) is 30.8. The van der Waals surface area contributed by atoms with Crippen LogP contribution < -0.4 is 5.11 Å². The van der Waals surface area contributed by atoms with Crippen LogP contribution in [0.4, 0.5) is 0 Å². The standard InChI is InChI=1S/C16H15O2/c17-15-13(11-7-3-1-4-8-11)16(18)14(15)12-9-5-2-6-10-12/h1-10,13-17H/q-1. The smallest absolute Gasteiger partial charge is 0.0656 e. The van der Waals surface area contributed by atoms with E-state index >= 15 is 0 Å². The Morgan fingerprint density at radius 3 is 1.44 bits per heavy atom. The number of aliphatic hydroxyl groups is 1. The second kappa shape index (κ2) is 4.56. The first kappa shape index (κ1) is 11.5. The lowest BCUT2D eigenvalue weighted by Crippen LogP contribution is -2.58. The van der Waals surface area contributed by atoms with E-state index in [0.29, 0.717) is 0 Å². The van der Waals surface area contributed by atoms with E-state index in [2.05, 4.69) is 0 Å². The summed E-state index contributed by atoms with van der Waals surface area (Å²) in [5.74, 6) is -0.562. The van der Waals surface area contributed by atoms with Crippen LogP contribution in [0, 0.1) is 0 Å². The zero-order chi connectivity index (χ0) is 12.5. The predicted molar refractivity (Wildman–Crippen MR) is 68.2 cm³/mol. The highest BCUT2D eigenvalue weighted by Gasteiger charge is 2.44. The molecule has 0 bridgehead atoms. The summed E-state index contributed by atoms with van der Waals surface area (Å²) in [6.07, 6.45) is -1.33. The molecule has 92 valence electrons. The van der Waals surface area contributed by atoms with Gasteiger partial charge in [0.1, 0.15) is 0 Å². The molecule has 1 aliphatic rings. The maximum absolute atomic E-state index is 12.3. The summed E-state index contributed by atoms with van der Waals surface area (Å²) in [5, 5.41) is 22.5. The van der Waals surface area contributed by atoms with Crippen molar-refractivity contribution in [2.45, 2.75) is 24.0 Å². The maximum Gasteiger partial charge on any atom is 0.0656 e. The zero-order valence-corrected chi connectivity index (χ0v) is 9.94. The molecule has 18 heavy (non-hydrogen) atoms. The second-order valence-corrected chi connectivity index (χ2v) is 4.83. The fourth-order valence-electron chi connectivity index (χ4n) is 2.81. The molecule has 3 rings (SSSR count). The van der Waals surface area contributed by atoms with Crippen molar-refractivity contribution in [1.29, 1.82) is 0 Å². The molecule has 1 N–H and O–H groups in total. The van der Waals surface area contributed by atoms with Gasteiger partial charge in [-0.2, -0.15) is 0 Å². The lowest BCUT2D eigenvalue weighted by atomic mass is 9.63. The Morgan fingerprint density at radius 2 is 1.11 bits per heavy atom. The molecule has 0 heterocycles. The van der Waals surface area contributed by atoms with E-state index in [-0.39, 0.29) is 11.8 Å². The van der Waals surface area contributed by atoms with E-state index in [1.54, 1.807) is 0 Å². The third-order valence-electron chi connectivity index (χ3n) is 3.81. The van der Waals surface area contributed by atoms with Crippen molar-refractivity contribution >= 4 is 0 Å². The van der Waals surface area contributed by atoms with Gasteiger partial charge in [-0.05, 0) is 23.0 Å². The second-order valence-electron chi connectivity index (χ2n) is 4.83. The van der Waals surface area contributed by atoms with Gasteiger partial charge in [0, 0.05) is 0 Å². The van der Waals surface area contributed by atoms with Gasteiger partial charge in [0.15, 0.2) is 0 Å². The lowest BCUT2D eigenvalue weighted by Gasteiger charge is -2.54. The lowest BCUT2D eigenvalue weighted by molar-refractivity contribution is -0.462. The summed E-state index contributed by atoms with van der Waals surface area (Å²) in [5.41, 5.74) is 1.88. The molecule has 2 heteroatoms. The molecular formula is C16H15O2-. The van der Waals surface area contributed by atoms with Gasteiger partial charge in [0.2, 0.25) is 0 Å². The summed E-state index contributed by atoms with van der Waals surface area (Å²) in [6.45, 7) is 0. The van der Waals surface area contributed by atoms with E-state index in [1.807, 2.05) is 60.7 Å². The molecule has 0 spiro atoms. The Bertz CT molecular complexity index is 452. The Morgan fingerprint density at radius 1 is 0.722 bits per heavy atom. The minimum absolute atomic E-state index is 0.281. The van der Waals surface area contributed by atoms with Crippen molar-refractivity contribution in [3.63, 3.8) is 0 Å². The topological polar surface area (TPSA) is 43.3 Å². The third-order valence-corrected chi connectivity index (χ3v) is 3.81. The highest BCUT2D eigenvalue weighted by molar-refractivity contribution is 5.35. The van der Waals surface area contributed by atoms with Gasteiger partial charge >= 0.3 is 0 Å². The van der Waals surface area contributed by atoms with Crippen LogP contribution in [0.3, 0.4) is 0 Å². The molecule has 2 aromatic rings. The number of aliphatic hydroxyl groups excluding tert-OH is 1. The predicted octanol–water partition coefficient (Wildman–Crippen LogP) is 1.66. The summed E-state index contributed by atoms with van der Waals surface area (Å²) >= 11 is 0. The van der Waals surface area contributed by atoms with Gasteiger partial charge in [-0.15, -0.1) is 6.10 Å². The highest BCUT2D eigenvalue weighted by atomic mass is 16.3. The van der Waals surface area contributed by atoms with Crippen molar-refractivity contribution in [1.82, 2.24) is 0 Å². The molecule has 2 atom stereocenters. The molecule has 0 radical (unpaired) electrons. The van der Waals surface area contributed by atoms with Crippen LogP contribution in [0.2, 0.25) is 0 Å². The van der Waals surface area contributed by atoms with Crippen LogP contribution in [0.5, 0.6) is 0 Å². The largest absolute Gasteiger partial charge is 0.851 e. The minimum Gasteiger partial charge on any atom is -0.851 e. The average molecular weight is 239 g/mol. The summed E-state index contributed by atoms with van der Waals surface area (Å²) in [4.78, 5) is 0. The van der Waals surface area contributed by atoms with Gasteiger partial charge in [-0.3, -0.25) is 0 Å². The first-order valence-electron chi connectivity index (χ1n) is 6.23. The summed E-state index contributed by atoms with van der Waals surface area (Å²) < 4.78 is 0. The third kappa shape index (κ3) is 1.74. The van der Waals surface area contributed by atoms with Gasteiger partial charge in [-0.25, -0.2) is 0 Å². The fraction of sp³-hybridized carbons (Fsp3) is 0.250. The first-order valence-corrected chi connectivity index (χ1v) is 6.23. The Balaban J connectivity index is 1.84. The molecule has 2 aromatic carbocycles. The average Bonchev–Trinajstić information content (AvgIpc) is 2.41. The first-order chi connectivity index (χ1) is 8.79. The van der Waals surface area contributed by atoms with E-state index < -0.39 is 12.2 Å². The Kier molecular flexibility index (Phi) is 2.90. The minimum atomic E-state index is -0.759. The molecule has 1 fully saturated rings. The monoisotopic (exact) mass is 239 g/mol. The highest BCUT2D eigenvalue weighted by Crippen LogP contribution is 2.46. The van der Waals surface area contributed by atoms with E-state index in [0.717, 1.165) is 11.1 Å². The molecule has 0 saturated heterocycles. The van der Waals surface area contributed by atoms with Gasteiger partial charge in [0.05, 0.1) is 6.10 Å². The maximum atomic E-state index is 12.3. The van der Waals surface area contributed by atoms with Crippen LogP contribution in [0.1, 0.15) is 23.0 Å². The quantitative estimate of drug-likeness (QED) is 0.866. The number of rotatable bonds is 2. The van der Waals surface area contributed by atoms with Crippen LogP contribution in [0.25, 0.3) is 0 Å². The van der Waals surface area contributed by atoms with Crippen molar-refractivity contribution < 1.29 is 10.2 Å². The summed E-state index contributed by atoms with van der Waals surface area (Å²) in [6, 6.07) is 19.1. The number of hydrogen-bond donors (Lipinski definition) is 1. The molecular weight excluding hydrogens is 224 g/mol. The number of benzene rings is 2. The molecule has 1 saturated carbocycles. The molecule has 2 nitrogen and oxygen atoms in total. The molecule has 0 amide bonds. The van der Waals surface area contributed by atoms with E-state index in [4.69, 9.17) is 0 Å². The van der Waals surface area contributed by atoms with Gasteiger partial charge in [-0.1, -0.05) is 60.7 Å². The van der Waals surface area contributed by atoms with Crippen molar-refractivity contribution in [2.24, 2.45) is 0 Å². The zero-order valence-electron chi connectivity index (χ0n) is 9.94. The molecule has 1 aliphatic carbocycles. The van der Waals surface area contributed by atoms with Gasteiger partial charge < -0.3 is 10.2 Å². The Hall–Kier alpha value is -1.64. The molecule has 0 aromatic heterocycles. The van der Waals surface area contributed by atoms with E-state index in [1.165, 1.54) is 0 Å². The van der Waals surface area contributed by atoms with Crippen molar-refractivity contribution in [3.05, 3.63) is 71.8 Å².